The molecule has 0 spiro atoms. The highest BCUT2D eigenvalue weighted by Gasteiger charge is 2.32. The van der Waals surface area contributed by atoms with E-state index in [9.17, 15) is 5.11 Å². The van der Waals surface area contributed by atoms with Crippen LogP contribution in [0.5, 0.6) is 0 Å². The van der Waals surface area contributed by atoms with E-state index in [1.165, 1.54) is 16.5 Å². The molecule has 2 aromatic carbocycles. The summed E-state index contributed by atoms with van der Waals surface area (Å²) >= 11 is 6.05. The van der Waals surface area contributed by atoms with Crippen molar-refractivity contribution < 1.29 is 5.11 Å². The van der Waals surface area contributed by atoms with Crippen LogP contribution >= 0.6 is 11.6 Å². The Kier molecular flexibility index (Phi) is 4.23. The lowest BCUT2D eigenvalue weighted by Gasteiger charge is -2.36. The van der Waals surface area contributed by atoms with Gasteiger partial charge in [-0.3, -0.25) is 0 Å². The van der Waals surface area contributed by atoms with E-state index in [-0.39, 0.29) is 12.1 Å². The summed E-state index contributed by atoms with van der Waals surface area (Å²) in [4.78, 5) is 0. The van der Waals surface area contributed by atoms with E-state index in [1.807, 2.05) is 12.1 Å². The maximum atomic E-state index is 9.68. The van der Waals surface area contributed by atoms with Gasteiger partial charge in [0.05, 0.1) is 5.54 Å². The third-order valence-corrected chi connectivity index (χ3v) is 4.80. The number of benzene rings is 2. The summed E-state index contributed by atoms with van der Waals surface area (Å²) in [6.45, 7) is 2.31. The van der Waals surface area contributed by atoms with Crippen LogP contribution in [0.1, 0.15) is 25.3 Å². The van der Waals surface area contributed by atoms with Crippen molar-refractivity contribution in [2.24, 2.45) is 0 Å². The summed E-state index contributed by atoms with van der Waals surface area (Å²) < 4.78 is 2.29. The van der Waals surface area contributed by atoms with Crippen LogP contribution in [-0.4, -0.2) is 16.3 Å². The van der Waals surface area contributed by atoms with Crippen LogP contribution in [0.25, 0.3) is 10.9 Å². The third-order valence-electron chi connectivity index (χ3n) is 4.55. The second kappa shape index (κ2) is 6.15. The zero-order valence-corrected chi connectivity index (χ0v) is 13.4. The average Bonchev–Trinajstić information content (AvgIpc) is 2.98. The zero-order chi connectivity index (χ0) is 15.6. The van der Waals surface area contributed by atoms with E-state index < -0.39 is 0 Å². The van der Waals surface area contributed by atoms with Gasteiger partial charge >= 0.3 is 0 Å². The topological polar surface area (TPSA) is 25.2 Å². The van der Waals surface area contributed by atoms with Gasteiger partial charge in [-0.25, -0.2) is 0 Å². The Morgan fingerprint density at radius 1 is 1.05 bits per heavy atom. The summed E-state index contributed by atoms with van der Waals surface area (Å²) in [5.41, 5.74) is 2.10. The molecule has 1 heterocycles. The first-order valence-corrected chi connectivity index (χ1v) is 8.02. The highest BCUT2D eigenvalue weighted by atomic mass is 35.5. The van der Waals surface area contributed by atoms with Crippen molar-refractivity contribution in [2.45, 2.75) is 25.3 Å². The summed E-state index contributed by atoms with van der Waals surface area (Å²) in [5, 5.41) is 11.6. The zero-order valence-electron chi connectivity index (χ0n) is 12.7. The van der Waals surface area contributed by atoms with Crippen LogP contribution in [0.15, 0.2) is 60.8 Å². The molecule has 1 unspecified atom stereocenters. The van der Waals surface area contributed by atoms with Crippen molar-refractivity contribution in [2.75, 3.05) is 6.61 Å². The van der Waals surface area contributed by atoms with Gasteiger partial charge < -0.3 is 9.67 Å². The molecule has 3 heteroatoms. The number of hydrogen-bond donors (Lipinski definition) is 1. The second-order valence-corrected chi connectivity index (χ2v) is 6.05. The minimum absolute atomic E-state index is 0.142. The molecule has 1 atom stereocenters. The fourth-order valence-electron chi connectivity index (χ4n) is 3.36. The molecule has 0 saturated heterocycles. The molecule has 3 aromatic rings. The molecule has 0 fully saturated rings. The van der Waals surface area contributed by atoms with Crippen LogP contribution in [0.3, 0.4) is 0 Å². The summed E-state index contributed by atoms with van der Waals surface area (Å²) in [5.74, 6) is 0. The second-order valence-electron chi connectivity index (χ2n) is 5.61. The minimum Gasteiger partial charge on any atom is -0.396 e. The van der Waals surface area contributed by atoms with Gasteiger partial charge in [-0.2, -0.15) is 0 Å². The van der Waals surface area contributed by atoms with E-state index >= 15 is 0 Å². The molecule has 0 aliphatic heterocycles. The molecule has 114 valence electrons. The van der Waals surface area contributed by atoms with E-state index in [2.05, 4.69) is 60.2 Å². The summed E-state index contributed by atoms with van der Waals surface area (Å²) in [6, 6.07) is 18.5. The highest BCUT2D eigenvalue weighted by molar-refractivity contribution is 6.30. The van der Waals surface area contributed by atoms with Gasteiger partial charge in [0.1, 0.15) is 0 Å². The van der Waals surface area contributed by atoms with Gasteiger partial charge in [-0.05, 0) is 48.1 Å². The Balaban J connectivity index is 2.23. The Morgan fingerprint density at radius 3 is 2.45 bits per heavy atom. The minimum atomic E-state index is -0.261. The molecule has 22 heavy (non-hydrogen) atoms. The Hall–Kier alpha value is -1.77. The molecule has 0 saturated carbocycles. The maximum absolute atomic E-state index is 9.68. The molecular weight excluding hydrogens is 294 g/mol. The number of fused-ring (bicyclic) bond motifs is 1. The van der Waals surface area contributed by atoms with Crippen LogP contribution < -0.4 is 0 Å². The highest BCUT2D eigenvalue weighted by Crippen LogP contribution is 2.37. The van der Waals surface area contributed by atoms with Gasteiger partial charge in [0, 0.05) is 23.3 Å². The van der Waals surface area contributed by atoms with Gasteiger partial charge in [-0.15, -0.1) is 0 Å². The molecule has 0 radical (unpaired) electrons. The first kappa shape index (κ1) is 15.1. The monoisotopic (exact) mass is 313 g/mol. The fraction of sp³-hybridized carbons (Fsp3) is 0.263. The number of para-hydroxylation sites is 1. The molecule has 2 nitrogen and oxygen atoms in total. The number of nitrogens with zero attached hydrogens (tertiary/aromatic N) is 1. The van der Waals surface area contributed by atoms with Crippen molar-refractivity contribution in [1.29, 1.82) is 0 Å². The predicted molar refractivity (Wildman–Crippen MR) is 92.5 cm³/mol. The number of rotatable bonds is 5. The van der Waals surface area contributed by atoms with E-state index in [1.54, 1.807) is 0 Å². The first-order valence-electron chi connectivity index (χ1n) is 7.65. The Bertz CT molecular complexity index is 762. The fourth-order valence-corrected chi connectivity index (χ4v) is 3.48. The first-order chi connectivity index (χ1) is 10.7. The number of halogens is 1. The number of aliphatic hydroxyl groups is 1. The Morgan fingerprint density at radius 2 is 1.77 bits per heavy atom. The molecule has 0 amide bonds. The quantitative estimate of drug-likeness (QED) is 0.717. The smallest absolute Gasteiger partial charge is 0.0716 e. The van der Waals surface area contributed by atoms with E-state index in [0.717, 1.165) is 11.4 Å². The molecular formula is C19H20ClNO. The summed E-state index contributed by atoms with van der Waals surface area (Å²) in [6.07, 6.45) is 3.69. The van der Waals surface area contributed by atoms with Crippen molar-refractivity contribution in [1.82, 2.24) is 4.57 Å². The number of hydrogen-bond acceptors (Lipinski definition) is 1. The van der Waals surface area contributed by atoms with Crippen LogP contribution in [0.4, 0.5) is 0 Å². The standard InChI is InChI=1S/C19H20ClNO/c1-2-19(12-14-22,16-7-9-17(20)10-8-16)21-13-11-15-5-3-4-6-18(15)21/h3-11,13,22H,2,12,14H2,1H3. The average molecular weight is 314 g/mol. The largest absolute Gasteiger partial charge is 0.396 e. The lowest BCUT2D eigenvalue weighted by atomic mass is 9.83. The SMILES string of the molecule is CCC(CCO)(c1ccc(Cl)cc1)n1ccc2ccccc21. The molecule has 3 rings (SSSR count). The summed E-state index contributed by atoms with van der Waals surface area (Å²) in [7, 11) is 0. The van der Waals surface area contributed by atoms with E-state index in [0.29, 0.717) is 6.42 Å². The molecule has 0 aliphatic rings. The normalized spacial score (nSPS) is 14.1. The van der Waals surface area contributed by atoms with Crippen molar-refractivity contribution in [3.8, 4) is 0 Å². The van der Waals surface area contributed by atoms with Gasteiger partial charge in [0.25, 0.3) is 0 Å². The van der Waals surface area contributed by atoms with Crippen molar-refractivity contribution >= 4 is 22.5 Å². The molecule has 0 bridgehead atoms. The van der Waals surface area contributed by atoms with Crippen LogP contribution in [0.2, 0.25) is 5.02 Å². The maximum Gasteiger partial charge on any atom is 0.0716 e. The molecule has 1 N–H and O–H groups in total. The van der Waals surface area contributed by atoms with Gasteiger partial charge in [0.15, 0.2) is 0 Å². The molecule has 0 aliphatic carbocycles. The van der Waals surface area contributed by atoms with Crippen LogP contribution in [0, 0.1) is 0 Å². The number of aliphatic hydroxyl groups excluding tert-OH is 1. The van der Waals surface area contributed by atoms with Gasteiger partial charge in [-0.1, -0.05) is 48.9 Å². The van der Waals surface area contributed by atoms with Crippen molar-refractivity contribution in [3.05, 3.63) is 71.4 Å². The lowest BCUT2D eigenvalue weighted by Crippen LogP contribution is -2.35. The number of aromatic nitrogens is 1. The van der Waals surface area contributed by atoms with Gasteiger partial charge in [0.2, 0.25) is 0 Å². The Labute approximate surface area is 136 Å². The van der Waals surface area contributed by atoms with Crippen LogP contribution in [-0.2, 0) is 5.54 Å². The predicted octanol–water partition coefficient (Wildman–Crippen LogP) is 4.83. The molecule has 1 aromatic heterocycles. The lowest BCUT2D eigenvalue weighted by molar-refractivity contribution is 0.213. The third kappa shape index (κ3) is 2.43. The van der Waals surface area contributed by atoms with Crippen molar-refractivity contribution in [3.63, 3.8) is 0 Å². The van der Waals surface area contributed by atoms with E-state index in [4.69, 9.17) is 11.6 Å².